The zero-order chi connectivity index (χ0) is 12.4. The van der Waals surface area contributed by atoms with Crippen LogP contribution in [0, 0.1) is 6.92 Å². The van der Waals surface area contributed by atoms with E-state index in [2.05, 4.69) is 5.10 Å². The lowest BCUT2D eigenvalue weighted by Crippen LogP contribution is -2.14. The fourth-order valence-corrected chi connectivity index (χ4v) is 1.78. The van der Waals surface area contributed by atoms with Crippen LogP contribution < -0.4 is 11.5 Å². The Morgan fingerprint density at radius 1 is 1.35 bits per heavy atom. The molecule has 0 bridgehead atoms. The fraction of sp³-hybridized carbons (Fsp3) is 0.167. The molecule has 0 spiro atoms. The molecule has 0 saturated carbocycles. The predicted molar refractivity (Wildman–Crippen MR) is 65.4 cm³/mol. The van der Waals surface area contributed by atoms with Crippen molar-refractivity contribution in [3.05, 3.63) is 47.2 Å². The Morgan fingerprint density at radius 2 is 2.00 bits per heavy atom. The molecule has 0 unspecified atom stereocenters. The third kappa shape index (κ3) is 2.13. The molecule has 0 aliphatic heterocycles. The lowest BCUT2D eigenvalue weighted by Gasteiger charge is -2.04. The molecule has 5 nitrogen and oxygen atoms in total. The van der Waals surface area contributed by atoms with Crippen molar-refractivity contribution >= 4 is 11.7 Å². The van der Waals surface area contributed by atoms with Crippen LogP contribution in [0.3, 0.4) is 0 Å². The van der Waals surface area contributed by atoms with E-state index in [1.54, 1.807) is 11.6 Å². The topological polar surface area (TPSA) is 86.9 Å². The standard InChI is InChI=1S/C12H14N4O/c1-8-10(12(14)17)11(13)16(15-8)7-9-5-3-2-4-6-9/h2-6H,7,13H2,1H3,(H2,14,17). The first-order valence-electron chi connectivity index (χ1n) is 5.26. The summed E-state index contributed by atoms with van der Waals surface area (Å²) < 4.78 is 1.59. The molecule has 5 heteroatoms. The second-order valence-electron chi connectivity index (χ2n) is 3.85. The predicted octanol–water partition coefficient (Wildman–Crippen LogP) is 0.921. The maximum Gasteiger partial charge on any atom is 0.254 e. The van der Waals surface area contributed by atoms with E-state index in [4.69, 9.17) is 11.5 Å². The third-order valence-electron chi connectivity index (χ3n) is 2.59. The van der Waals surface area contributed by atoms with Gasteiger partial charge in [0.2, 0.25) is 0 Å². The third-order valence-corrected chi connectivity index (χ3v) is 2.59. The Balaban J connectivity index is 2.35. The summed E-state index contributed by atoms with van der Waals surface area (Å²) in [7, 11) is 0. The minimum absolute atomic E-state index is 0.306. The van der Waals surface area contributed by atoms with E-state index >= 15 is 0 Å². The van der Waals surface area contributed by atoms with Crippen molar-refractivity contribution in [1.29, 1.82) is 0 Å². The summed E-state index contributed by atoms with van der Waals surface area (Å²) >= 11 is 0. The molecule has 0 radical (unpaired) electrons. The lowest BCUT2D eigenvalue weighted by atomic mass is 10.2. The molecule has 4 N–H and O–H groups in total. The normalized spacial score (nSPS) is 10.4. The zero-order valence-electron chi connectivity index (χ0n) is 9.55. The number of carbonyl (C=O) groups excluding carboxylic acids is 1. The molecule has 1 aromatic carbocycles. The van der Waals surface area contributed by atoms with Gasteiger partial charge in [0.1, 0.15) is 11.4 Å². The summed E-state index contributed by atoms with van der Waals surface area (Å²) in [5, 5.41) is 4.22. The van der Waals surface area contributed by atoms with E-state index in [-0.39, 0.29) is 0 Å². The van der Waals surface area contributed by atoms with Crippen molar-refractivity contribution in [2.75, 3.05) is 5.73 Å². The Morgan fingerprint density at radius 3 is 2.53 bits per heavy atom. The van der Waals surface area contributed by atoms with Crippen molar-refractivity contribution in [2.45, 2.75) is 13.5 Å². The van der Waals surface area contributed by atoms with Gasteiger partial charge in [-0.25, -0.2) is 4.68 Å². The Hall–Kier alpha value is -2.30. The summed E-state index contributed by atoms with van der Waals surface area (Å²) in [4.78, 5) is 11.2. The number of nitrogens with two attached hydrogens (primary N) is 2. The number of nitrogens with zero attached hydrogens (tertiary/aromatic N) is 2. The molecule has 2 rings (SSSR count). The Bertz CT molecular complexity index is 545. The highest BCUT2D eigenvalue weighted by Gasteiger charge is 2.16. The molecular formula is C12H14N4O. The molecule has 17 heavy (non-hydrogen) atoms. The molecule has 1 aromatic heterocycles. The molecule has 0 aliphatic rings. The van der Waals surface area contributed by atoms with Crippen molar-refractivity contribution in [3.8, 4) is 0 Å². The molecule has 0 aliphatic carbocycles. The number of aromatic nitrogens is 2. The number of amides is 1. The van der Waals surface area contributed by atoms with Crippen molar-refractivity contribution in [3.63, 3.8) is 0 Å². The summed E-state index contributed by atoms with van der Waals surface area (Å²) in [6.45, 7) is 2.25. The number of primary amides is 1. The molecule has 2 aromatic rings. The monoisotopic (exact) mass is 230 g/mol. The van der Waals surface area contributed by atoms with E-state index < -0.39 is 5.91 Å². The van der Waals surface area contributed by atoms with Gasteiger partial charge in [0, 0.05) is 0 Å². The molecule has 88 valence electrons. The first-order chi connectivity index (χ1) is 8.09. The largest absolute Gasteiger partial charge is 0.383 e. The van der Waals surface area contributed by atoms with Crippen LogP contribution in [0.5, 0.6) is 0 Å². The molecular weight excluding hydrogens is 216 g/mol. The first-order valence-corrected chi connectivity index (χ1v) is 5.26. The molecule has 0 atom stereocenters. The number of nitrogen functional groups attached to an aromatic ring is 1. The number of rotatable bonds is 3. The van der Waals surface area contributed by atoms with Crippen LogP contribution in [0.2, 0.25) is 0 Å². The molecule has 1 heterocycles. The van der Waals surface area contributed by atoms with Gasteiger partial charge in [-0.3, -0.25) is 4.79 Å². The number of carbonyl (C=O) groups is 1. The average Bonchev–Trinajstić information content (AvgIpc) is 2.55. The summed E-state index contributed by atoms with van der Waals surface area (Å²) in [6.07, 6.45) is 0. The Kier molecular flexibility index (Phi) is 2.82. The van der Waals surface area contributed by atoms with E-state index in [9.17, 15) is 4.79 Å². The minimum Gasteiger partial charge on any atom is -0.383 e. The van der Waals surface area contributed by atoms with Gasteiger partial charge in [-0.15, -0.1) is 0 Å². The highest BCUT2D eigenvalue weighted by Crippen LogP contribution is 2.16. The summed E-state index contributed by atoms with van der Waals surface area (Å²) in [6, 6.07) is 9.77. The first kappa shape index (κ1) is 11.2. The van der Waals surface area contributed by atoms with Gasteiger partial charge in [-0.2, -0.15) is 5.10 Å². The van der Waals surface area contributed by atoms with Crippen LogP contribution in [0.4, 0.5) is 5.82 Å². The minimum atomic E-state index is -0.542. The van der Waals surface area contributed by atoms with Crippen LogP contribution in [0.15, 0.2) is 30.3 Å². The summed E-state index contributed by atoms with van der Waals surface area (Å²) in [5.74, 6) is -0.224. The SMILES string of the molecule is Cc1nn(Cc2ccccc2)c(N)c1C(N)=O. The quantitative estimate of drug-likeness (QED) is 0.822. The number of hydrogen-bond donors (Lipinski definition) is 2. The van der Waals surface area contributed by atoms with Gasteiger partial charge in [0.05, 0.1) is 12.2 Å². The van der Waals surface area contributed by atoms with Gasteiger partial charge in [-0.1, -0.05) is 30.3 Å². The second-order valence-corrected chi connectivity index (χ2v) is 3.85. The lowest BCUT2D eigenvalue weighted by molar-refractivity contribution is 0.100. The number of aryl methyl sites for hydroxylation is 1. The highest BCUT2D eigenvalue weighted by molar-refractivity contribution is 5.98. The molecule has 1 amide bonds. The van der Waals surface area contributed by atoms with Crippen LogP contribution in [-0.4, -0.2) is 15.7 Å². The average molecular weight is 230 g/mol. The molecule has 0 fully saturated rings. The highest BCUT2D eigenvalue weighted by atomic mass is 16.1. The summed E-state index contributed by atoms with van der Waals surface area (Å²) in [5.41, 5.74) is 13.0. The fourth-order valence-electron chi connectivity index (χ4n) is 1.78. The van der Waals surface area contributed by atoms with E-state index in [1.807, 2.05) is 30.3 Å². The van der Waals surface area contributed by atoms with E-state index in [0.717, 1.165) is 5.56 Å². The van der Waals surface area contributed by atoms with Crippen LogP contribution in [-0.2, 0) is 6.54 Å². The van der Waals surface area contributed by atoms with Gasteiger partial charge in [0.15, 0.2) is 0 Å². The maximum absolute atomic E-state index is 11.2. The number of anilines is 1. The Labute approximate surface area is 99.0 Å². The van der Waals surface area contributed by atoms with Crippen molar-refractivity contribution < 1.29 is 4.79 Å². The van der Waals surface area contributed by atoms with E-state index in [1.165, 1.54) is 0 Å². The van der Waals surface area contributed by atoms with Crippen molar-refractivity contribution in [2.24, 2.45) is 5.73 Å². The number of hydrogen-bond acceptors (Lipinski definition) is 3. The number of benzene rings is 1. The van der Waals surface area contributed by atoms with Crippen LogP contribution in [0.25, 0.3) is 0 Å². The van der Waals surface area contributed by atoms with Gasteiger partial charge >= 0.3 is 0 Å². The smallest absolute Gasteiger partial charge is 0.254 e. The maximum atomic E-state index is 11.2. The van der Waals surface area contributed by atoms with Crippen LogP contribution >= 0.6 is 0 Å². The van der Waals surface area contributed by atoms with E-state index in [0.29, 0.717) is 23.6 Å². The second kappa shape index (κ2) is 4.29. The van der Waals surface area contributed by atoms with Crippen molar-refractivity contribution in [1.82, 2.24) is 9.78 Å². The van der Waals surface area contributed by atoms with Crippen LogP contribution in [0.1, 0.15) is 21.6 Å². The van der Waals surface area contributed by atoms with Gasteiger partial charge in [0.25, 0.3) is 5.91 Å². The molecule has 0 saturated heterocycles. The zero-order valence-corrected chi connectivity index (χ0v) is 9.55. The van der Waals surface area contributed by atoms with Gasteiger partial charge < -0.3 is 11.5 Å². The van der Waals surface area contributed by atoms with Gasteiger partial charge in [-0.05, 0) is 12.5 Å².